The van der Waals surface area contributed by atoms with E-state index >= 15 is 0 Å². The molecule has 0 unspecified atom stereocenters. The fourth-order valence-corrected chi connectivity index (χ4v) is 2.59. The van der Waals surface area contributed by atoms with Gasteiger partial charge in [0.05, 0.1) is 0 Å². The minimum Gasteiger partial charge on any atom is -0.355 e. The molecule has 10 heteroatoms. The summed E-state index contributed by atoms with van der Waals surface area (Å²) >= 11 is 0. The third-order valence-corrected chi connectivity index (χ3v) is 4.07. The van der Waals surface area contributed by atoms with E-state index in [2.05, 4.69) is 26.6 Å². The average Bonchev–Trinajstić information content (AvgIpc) is 2.74. The SMILES string of the molecule is CC.CNC(=O)c1cc(NC(=O)NCCCN(C)C)cc(NC(=O)NCCCN(C)C)c1. The molecule has 1 rings (SSSR count). The monoisotopic (exact) mass is 451 g/mol. The van der Waals surface area contributed by atoms with Crippen molar-refractivity contribution in [3.63, 3.8) is 0 Å². The summed E-state index contributed by atoms with van der Waals surface area (Å²) in [4.78, 5) is 40.4. The maximum Gasteiger partial charge on any atom is 0.319 e. The first kappa shape index (κ1) is 29.1. The minimum atomic E-state index is -0.373. The number of rotatable bonds is 11. The molecule has 0 saturated heterocycles. The van der Waals surface area contributed by atoms with Crippen molar-refractivity contribution in [3.8, 4) is 0 Å². The molecule has 0 heterocycles. The lowest BCUT2D eigenvalue weighted by molar-refractivity contribution is 0.0963. The van der Waals surface area contributed by atoms with Gasteiger partial charge in [0.1, 0.15) is 0 Å². The first-order valence-electron chi connectivity index (χ1n) is 11.0. The molecule has 182 valence electrons. The van der Waals surface area contributed by atoms with Crippen molar-refractivity contribution in [2.75, 3.05) is 72.1 Å². The number of hydrogen-bond donors (Lipinski definition) is 5. The number of carbonyl (C=O) groups is 3. The number of hydrogen-bond acceptors (Lipinski definition) is 5. The average molecular weight is 452 g/mol. The number of urea groups is 2. The summed E-state index contributed by atoms with van der Waals surface area (Å²) in [7, 11) is 9.40. The molecule has 5 amide bonds. The number of amides is 5. The van der Waals surface area contributed by atoms with Crippen molar-refractivity contribution in [1.29, 1.82) is 0 Å². The topological polar surface area (TPSA) is 118 Å². The highest BCUT2D eigenvalue weighted by Gasteiger charge is 2.11. The standard InChI is InChI=1S/C20H35N7O3.C2H6/c1-21-18(28)15-12-16(24-19(29)22-8-6-10-26(2)3)14-17(13-15)25-20(30)23-9-7-11-27(4)5;1-2/h12-14H,6-11H2,1-5H3,(H,21,28)(H2,22,24,29)(H2,23,25,30);1-2H3. The van der Waals surface area contributed by atoms with Crippen LogP contribution in [-0.4, -0.2) is 89.2 Å². The van der Waals surface area contributed by atoms with Crippen molar-refractivity contribution < 1.29 is 14.4 Å². The van der Waals surface area contributed by atoms with E-state index in [-0.39, 0.29) is 18.0 Å². The fourth-order valence-electron chi connectivity index (χ4n) is 2.59. The second-order valence-electron chi connectivity index (χ2n) is 7.45. The third kappa shape index (κ3) is 13.5. The zero-order valence-corrected chi connectivity index (χ0v) is 20.6. The van der Waals surface area contributed by atoms with Gasteiger partial charge in [-0.1, -0.05) is 13.8 Å². The minimum absolute atomic E-state index is 0.320. The fraction of sp³-hybridized carbons (Fsp3) is 0.591. The Hall–Kier alpha value is -2.85. The maximum absolute atomic E-state index is 12.1. The van der Waals surface area contributed by atoms with Crippen LogP contribution < -0.4 is 26.6 Å². The van der Waals surface area contributed by atoms with Crippen LogP contribution in [0.25, 0.3) is 0 Å². The molecular formula is C22H41N7O3. The second kappa shape index (κ2) is 16.8. The van der Waals surface area contributed by atoms with Gasteiger partial charge in [0, 0.05) is 37.1 Å². The highest BCUT2D eigenvalue weighted by Crippen LogP contribution is 2.19. The van der Waals surface area contributed by atoms with Gasteiger partial charge in [0.2, 0.25) is 0 Å². The van der Waals surface area contributed by atoms with Crippen molar-refractivity contribution in [2.45, 2.75) is 26.7 Å². The lowest BCUT2D eigenvalue weighted by Crippen LogP contribution is -2.32. The molecule has 0 bridgehead atoms. The molecule has 0 radical (unpaired) electrons. The van der Waals surface area contributed by atoms with E-state index in [0.717, 1.165) is 25.9 Å². The van der Waals surface area contributed by atoms with E-state index in [1.165, 1.54) is 7.05 Å². The van der Waals surface area contributed by atoms with Crippen LogP contribution in [0.5, 0.6) is 0 Å². The van der Waals surface area contributed by atoms with Crippen LogP contribution in [0.1, 0.15) is 37.0 Å². The van der Waals surface area contributed by atoms with Crippen molar-refractivity contribution >= 4 is 29.3 Å². The summed E-state index contributed by atoms with van der Waals surface area (Å²) in [5.41, 5.74) is 1.14. The van der Waals surface area contributed by atoms with Gasteiger partial charge in [-0.05, 0) is 72.3 Å². The highest BCUT2D eigenvalue weighted by molar-refractivity contribution is 5.99. The second-order valence-corrected chi connectivity index (χ2v) is 7.45. The van der Waals surface area contributed by atoms with E-state index in [1.807, 2.05) is 51.8 Å². The van der Waals surface area contributed by atoms with Gasteiger partial charge >= 0.3 is 12.1 Å². The first-order valence-corrected chi connectivity index (χ1v) is 11.0. The van der Waals surface area contributed by atoms with Crippen LogP contribution in [0.2, 0.25) is 0 Å². The van der Waals surface area contributed by atoms with Crippen LogP contribution in [0.4, 0.5) is 21.0 Å². The van der Waals surface area contributed by atoms with Crippen LogP contribution >= 0.6 is 0 Å². The molecule has 0 aromatic heterocycles. The zero-order valence-electron chi connectivity index (χ0n) is 20.6. The van der Waals surface area contributed by atoms with Gasteiger partial charge in [-0.25, -0.2) is 9.59 Å². The molecule has 10 nitrogen and oxygen atoms in total. The molecule has 0 spiro atoms. The first-order chi connectivity index (χ1) is 15.2. The van der Waals surface area contributed by atoms with Gasteiger partial charge in [0.25, 0.3) is 5.91 Å². The van der Waals surface area contributed by atoms with Gasteiger partial charge in [0.15, 0.2) is 0 Å². The van der Waals surface area contributed by atoms with E-state index < -0.39 is 0 Å². The van der Waals surface area contributed by atoms with Gasteiger partial charge < -0.3 is 36.4 Å². The van der Waals surface area contributed by atoms with E-state index in [1.54, 1.807) is 18.2 Å². The zero-order chi connectivity index (χ0) is 24.5. The van der Waals surface area contributed by atoms with Gasteiger partial charge in [-0.15, -0.1) is 0 Å². The van der Waals surface area contributed by atoms with E-state index in [9.17, 15) is 14.4 Å². The van der Waals surface area contributed by atoms with Crippen molar-refractivity contribution in [3.05, 3.63) is 23.8 Å². The number of anilines is 2. The van der Waals surface area contributed by atoms with Crippen LogP contribution in [0, 0.1) is 0 Å². The predicted octanol–water partition coefficient (Wildman–Crippen LogP) is 2.22. The molecular weight excluding hydrogens is 410 g/mol. The summed E-state index contributed by atoms with van der Waals surface area (Å²) < 4.78 is 0. The number of nitrogens with one attached hydrogen (secondary N) is 5. The molecule has 32 heavy (non-hydrogen) atoms. The van der Waals surface area contributed by atoms with Crippen LogP contribution in [-0.2, 0) is 0 Å². The van der Waals surface area contributed by atoms with Gasteiger partial charge in [-0.3, -0.25) is 4.79 Å². The van der Waals surface area contributed by atoms with Crippen molar-refractivity contribution in [2.24, 2.45) is 0 Å². The maximum atomic E-state index is 12.1. The molecule has 0 saturated carbocycles. The molecule has 0 aliphatic heterocycles. The Balaban J connectivity index is 0.00000466. The van der Waals surface area contributed by atoms with E-state index in [0.29, 0.717) is 30.0 Å². The summed E-state index contributed by atoms with van der Waals surface area (Å²) in [6.45, 7) is 6.79. The van der Waals surface area contributed by atoms with Crippen LogP contribution in [0.3, 0.4) is 0 Å². The molecule has 0 fully saturated rings. The third-order valence-electron chi connectivity index (χ3n) is 4.07. The molecule has 0 atom stereocenters. The quantitative estimate of drug-likeness (QED) is 0.331. The smallest absolute Gasteiger partial charge is 0.319 e. The molecule has 5 N–H and O–H groups in total. The van der Waals surface area contributed by atoms with Crippen molar-refractivity contribution in [1.82, 2.24) is 25.8 Å². The number of benzene rings is 1. The molecule has 0 aliphatic carbocycles. The van der Waals surface area contributed by atoms with E-state index in [4.69, 9.17) is 0 Å². The Labute approximate surface area is 192 Å². The lowest BCUT2D eigenvalue weighted by atomic mass is 10.1. The normalized spacial score (nSPS) is 10.2. The Morgan fingerprint density at radius 3 is 1.50 bits per heavy atom. The molecule has 0 aliphatic rings. The highest BCUT2D eigenvalue weighted by atomic mass is 16.2. The summed E-state index contributed by atoms with van der Waals surface area (Å²) in [6, 6.07) is 3.96. The predicted molar refractivity (Wildman–Crippen MR) is 132 cm³/mol. The summed E-state index contributed by atoms with van der Waals surface area (Å²) in [5, 5.41) is 13.5. The molecule has 1 aromatic rings. The Bertz CT molecular complexity index is 661. The Morgan fingerprint density at radius 1 is 0.750 bits per heavy atom. The number of carbonyl (C=O) groups excluding carboxylic acids is 3. The Morgan fingerprint density at radius 2 is 1.16 bits per heavy atom. The lowest BCUT2D eigenvalue weighted by Gasteiger charge is -2.14. The Kier molecular flexibility index (Phi) is 15.3. The largest absolute Gasteiger partial charge is 0.355 e. The number of nitrogens with zero attached hydrogens (tertiary/aromatic N) is 2. The van der Waals surface area contributed by atoms with Crippen LogP contribution in [0.15, 0.2) is 18.2 Å². The molecule has 1 aromatic carbocycles. The summed E-state index contributed by atoms with van der Waals surface area (Å²) in [5.74, 6) is -0.320. The summed E-state index contributed by atoms with van der Waals surface area (Å²) in [6.07, 6.45) is 1.64. The van der Waals surface area contributed by atoms with Gasteiger partial charge in [-0.2, -0.15) is 0 Å².